The molecule has 4 heteroatoms. The summed E-state index contributed by atoms with van der Waals surface area (Å²) in [5, 5.41) is 5.15. The van der Waals surface area contributed by atoms with Crippen molar-refractivity contribution in [2.24, 2.45) is 0 Å². The van der Waals surface area contributed by atoms with Crippen molar-refractivity contribution in [1.82, 2.24) is 15.0 Å². The summed E-state index contributed by atoms with van der Waals surface area (Å²) in [7, 11) is 0. The normalized spacial score (nSPS) is 11.4. The summed E-state index contributed by atoms with van der Waals surface area (Å²) in [6.45, 7) is 0. The molecule has 11 rings (SSSR count). The van der Waals surface area contributed by atoms with Gasteiger partial charge in [-0.25, -0.2) is 15.0 Å². The largest absolute Gasteiger partial charge is 0.208 e. The average molecular weight is 770 g/mol. The van der Waals surface area contributed by atoms with E-state index in [0.29, 0.717) is 17.5 Å². The summed E-state index contributed by atoms with van der Waals surface area (Å²) in [5.41, 5.74) is 12.3. The highest BCUT2D eigenvalue weighted by molar-refractivity contribution is 7.26. The minimum atomic E-state index is 0.637. The SMILES string of the molecule is c1ccc(-c2nc(-c3ccc(-c4ccc(-c5ccc(-c6cccc7c6sc6ccccc67)c6ccccc56)cc4)cc3)nc(-c3ccccc3-c3ccccc3)n2)cc1. The van der Waals surface area contributed by atoms with Crippen LogP contribution in [-0.4, -0.2) is 15.0 Å². The number of hydrogen-bond acceptors (Lipinski definition) is 4. The summed E-state index contributed by atoms with van der Waals surface area (Å²) >= 11 is 1.88. The van der Waals surface area contributed by atoms with E-state index in [1.165, 1.54) is 53.2 Å². The summed E-state index contributed by atoms with van der Waals surface area (Å²) < 4.78 is 2.66. The van der Waals surface area contributed by atoms with E-state index < -0.39 is 0 Å². The van der Waals surface area contributed by atoms with Crippen molar-refractivity contribution in [3.63, 3.8) is 0 Å². The molecule has 59 heavy (non-hydrogen) atoms. The molecule has 0 unspecified atom stereocenters. The predicted octanol–water partition coefficient (Wildman–Crippen LogP) is 15.1. The molecule has 0 N–H and O–H groups in total. The van der Waals surface area contributed by atoms with Crippen LogP contribution in [0.1, 0.15) is 0 Å². The number of fused-ring (bicyclic) bond motifs is 4. The average Bonchev–Trinajstić information content (AvgIpc) is 3.71. The van der Waals surface area contributed by atoms with Crippen LogP contribution in [0, 0.1) is 0 Å². The molecule has 276 valence electrons. The topological polar surface area (TPSA) is 38.7 Å². The van der Waals surface area contributed by atoms with Gasteiger partial charge in [-0.15, -0.1) is 11.3 Å². The second-order valence-corrected chi connectivity index (χ2v) is 15.8. The lowest BCUT2D eigenvalue weighted by Crippen LogP contribution is -2.01. The van der Waals surface area contributed by atoms with Gasteiger partial charge in [0.1, 0.15) is 0 Å². The first-order valence-corrected chi connectivity index (χ1v) is 20.7. The van der Waals surface area contributed by atoms with Gasteiger partial charge in [-0.2, -0.15) is 0 Å². The lowest BCUT2D eigenvalue weighted by Gasteiger charge is -2.13. The van der Waals surface area contributed by atoms with E-state index in [2.05, 4.69) is 170 Å². The zero-order valence-electron chi connectivity index (χ0n) is 32.0. The van der Waals surface area contributed by atoms with E-state index >= 15 is 0 Å². The first kappa shape index (κ1) is 34.7. The molecule has 0 aliphatic rings. The molecule has 0 fully saturated rings. The van der Waals surface area contributed by atoms with Crippen molar-refractivity contribution in [2.75, 3.05) is 0 Å². The van der Waals surface area contributed by atoms with Crippen molar-refractivity contribution < 1.29 is 0 Å². The standard InChI is InChI=1S/C55H35N3S/c1-3-14-38(15-4-1)42-18-7-10-22-50(42)55-57-53(40-16-5-2-6-17-40)56-54(58-55)41-32-28-37(29-33-41)36-26-30-39(31-27-36)43-34-35-46(45-20-9-8-19-44(43)45)48-23-13-24-49-47-21-11-12-25-51(47)59-52(48)49/h1-35H. The van der Waals surface area contributed by atoms with Crippen molar-refractivity contribution in [1.29, 1.82) is 0 Å². The number of hydrogen-bond donors (Lipinski definition) is 0. The number of thiophene rings is 1. The van der Waals surface area contributed by atoms with Gasteiger partial charge >= 0.3 is 0 Å². The van der Waals surface area contributed by atoms with Crippen LogP contribution in [0.4, 0.5) is 0 Å². The number of nitrogens with zero attached hydrogens (tertiary/aromatic N) is 3. The van der Waals surface area contributed by atoms with E-state index in [1.54, 1.807) is 0 Å². The fourth-order valence-corrected chi connectivity index (χ4v) is 9.52. The van der Waals surface area contributed by atoms with Crippen LogP contribution in [-0.2, 0) is 0 Å². The van der Waals surface area contributed by atoms with E-state index in [-0.39, 0.29) is 0 Å². The fraction of sp³-hybridized carbons (Fsp3) is 0. The van der Waals surface area contributed by atoms with Crippen molar-refractivity contribution in [3.8, 4) is 78.7 Å². The van der Waals surface area contributed by atoms with Crippen molar-refractivity contribution >= 4 is 42.3 Å². The van der Waals surface area contributed by atoms with Gasteiger partial charge in [-0.05, 0) is 55.8 Å². The molecule has 0 spiro atoms. The van der Waals surface area contributed by atoms with Crippen LogP contribution in [0.3, 0.4) is 0 Å². The third kappa shape index (κ3) is 6.37. The minimum Gasteiger partial charge on any atom is -0.208 e. The van der Waals surface area contributed by atoms with E-state index in [1.807, 2.05) is 53.8 Å². The highest BCUT2D eigenvalue weighted by Crippen LogP contribution is 2.43. The summed E-state index contributed by atoms with van der Waals surface area (Å²) in [6.07, 6.45) is 0. The van der Waals surface area contributed by atoms with Gasteiger partial charge in [-0.3, -0.25) is 0 Å². The number of benzene rings is 9. The Kier molecular flexibility index (Phi) is 8.68. The molecule has 0 amide bonds. The maximum Gasteiger partial charge on any atom is 0.164 e. The molecule has 3 nitrogen and oxygen atoms in total. The van der Waals surface area contributed by atoms with Crippen LogP contribution in [0.25, 0.3) is 110 Å². The monoisotopic (exact) mass is 769 g/mol. The summed E-state index contributed by atoms with van der Waals surface area (Å²) in [4.78, 5) is 15.1. The third-order valence-electron chi connectivity index (χ3n) is 11.2. The highest BCUT2D eigenvalue weighted by Gasteiger charge is 2.17. The molecule has 0 saturated carbocycles. The Labute approximate surface area is 346 Å². The quantitative estimate of drug-likeness (QED) is 0.162. The maximum atomic E-state index is 5.09. The summed E-state index contributed by atoms with van der Waals surface area (Å²) in [5.74, 6) is 1.93. The second kappa shape index (κ2) is 14.8. The Morgan fingerprint density at radius 1 is 0.237 bits per heavy atom. The molecule has 0 aliphatic carbocycles. The molecule has 9 aromatic carbocycles. The van der Waals surface area contributed by atoms with E-state index in [4.69, 9.17) is 15.0 Å². The first-order chi connectivity index (χ1) is 29.2. The number of aromatic nitrogens is 3. The van der Waals surface area contributed by atoms with Crippen molar-refractivity contribution in [3.05, 3.63) is 212 Å². The summed E-state index contributed by atoms with van der Waals surface area (Å²) in [6, 6.07) is 75.2. The second-order valence-electron chi connectivity index (χ2n) is 14.7. The molecule has 0 radical (unpaired) electrons. The Bertz CT molecular complexity index is 3300. The fourth-order valence-electron chi connectivity index (χ4n) is 8.29. The van der Waals surface area contributed by atoms with Crippen LogP contribution in [0.15, 0.2) is 212 Å². The van der Waals surface area contributed by atoms with Crippen LogP contribution in [0.2, 0.25) is 0 Å². The lowest BCUT2D eigenvalue weighted by molar-refractivity contribution is 1.07. The Hall–Kier alpha value is -7.53. The van der Waals surface area contributed by atoms with Crippen LogP contribution < -0.4 is 0 Å². The van der Waals surface area contributed by atoms with E-state index in [9.17, 15) is 0 Å². The lowest BCUT2D eigenvalue weighted by atomic mass is 9.91. The molecule has 0 bridgehead atoms. The Morgan fingerprint density at radius 2 is 0.678 bits per heavy atom. The maximum absolute atomic E-state index is 5.09. The van der Waals surface area contributed by atoms with Gasteiger partial charge in [0.05, 0.1) is 0 Å². The molecule has 0 atom stereocenters. The van der Waals surface area contributed by atoms with Crippen molar-refractivity contribution in [2.45, 2.75) is 0 Å². The molecule has 0 aliphatic heterocycles. The molecule has 2 aromatic heterocycles. The molecular formula is C55H35N3S. The molecule has 0 saturated heterocycles. The third-order valence-corrected chi connectivity index (χ3v) is 12.4. The predicted molar refractivity (Wildman–Crippen MR) is 248 cm³/mol. The molecule has 2 heterocycles. The van der Waals surface area contributed by atoms with Gasteiger partial charge in [-0.1, -0.05) is 206 Å². The van der Waals surface area contributed by atoms with Crippen LogP contribution in [0.5, 0.6) is 0 Å². The molecular weight excluding hydrogens is 735 g/mol. The number of rotatable bonds is 7. The van der Waals surface area contributed by atoms with Gasteiger partial charge in [0.15, 0.2) is 17.5 Å². The molecule has 11 aromatic rings. The Morgan fingerprint density at radius 3 is 1.37 bits per heavy atom. The highest BCUT2D eigenvalue weighted by atomic mass is 32.1. The Balaban J connectivity index is 0.927. The van der Waals surface area contributed by atoms with Gasteiger partial charge in [0.25, 0.3) is 0 Å². The van der Waals surface area contributed by atoms with Crippen LogP contribution >= 0.6 is 11.3 Å². The van der Waals surface area contributed by atoms with Gasteiger partial charge in [0.2, 0.25) is 0 Å². The zero-order chi connectivity index (χ0) is 39.1. The van der Waals surface area contributed by atoms with Gasteiger partial charge in [0, 0.05) is 42.4 Å². The smallest absolute Gasteiger partial charge is 0.164 e. The zero-order valence-corrected chi connectivity index (χ0v) is 32.8. The minimum absolute atomic E-state index is 0.637. The first-order valence-electron chi connectivity index (χ1n) is 19.9. The van der Waals surface area contributed by atoms with Gasteiger partial charge < -0.3 is 0 Å². The van der Waals surface area contributed by atoms with E-state index in [0.717, 1.165) is 38.9 Å².